The highest BCUT2D eigenvalue weighted by atomic mass is 15.1. The Morgan fingerprint density at radius 3 is 2.25 bits per heavy atom. The highest BCUT2D eigenvalue weighted by Crippen LogP contribution is 2.07. The number of hydrogen-bond donors (Lipinski definition) is 1. The molecule has 0 spiro atoms. The fraction of sp³-hybridized carbons (Fsp3) is 1.00. The Balaban J connectivity index is 3.67. The van der Waals surface area contributed by atoms with Crippen LogP contribution in [0.15, 0.2) is 0 Å². The Kier molecular flexibility index (Phi) is 6.39. The molecule has 0 rings (SSSR count). The number of nitrogens with zero attached hydrogens (tertiary/aromatic N) is 1. The average molecular weight is 172 g/mol. The third-order valence-corrected chi connectivity index (χ3v) is 2.73. The Labute approximate surface area is 77.3 Å². The largest absolute Gasteiger partial charge is 0.317 e. The van der Waals surface area contributed by atoms with E-state index in [2.05, 4.69) is 45.0 Å². The van der Waals surface area contributed by atoms with Crippen molar-refractivity contribution in [2.24, 2.45) is 5.92 Å². The Morgan fingerprint density at radius 2 is 1.83 bits per heavy atom. The van der Waals surface area contributed by atoms with Gasteiger partial charge in [0.1, 0.15) is 0 Å². The maximum Gasteiger partial charge on any atom is 0.0101 e. The molecule has 0 aromatic rings. The molecule has 0 aliphatic carbocycles. The van der Waals surface area contributed by atoms with Gasteiger partial charge < -0.3 is 10.2 Å². The zero-order chi connectivity index (χ0) is 9.56. The van der Waals surface area contributed by atoms with Crippen LogP contribution in [-0.4, -0.2) is 37.6 Å². The molecule has 0 saturated heterocycles. The summed E-state index contributed by atoms with van der Waals surface area (Å²) in [5.41, 5.74) is 0. The fourth-order valence-corrected chi connectivity index (χ4v) is 1.26. The van der Waals surface area contributed by atoms with Gasteiger partial charge in [-0.15, -0.1) is 0 Å². The number of nitrogens with one attached hydrogen (secondary N) is 1. The molecule has 0 aromatic carbocycles. The molecule has 2 heteroatoms. The van der Waals surface area contributed by atoms with Gasteiger partial charge >= 0.3 is 0 Å². The number of hydrogen-bond acceptors (Lipinski definition) is 2. The van der Waals surface area contributed by atoms with Gasteiger partial charge in [-0.2, -0.15) is 0 Å². The maximum atomic E-state index is 3.38. The predicted octanol–water partition coefficient (Wildman–Crippen LogP) is 1.57. The molecular weight excluding hydrogens is 148 g/mol. The second-order valence-electron chi connectivity index (χ2n) is 3.60. The highest BCUT2D eigenvalue weighted by molar-refractivity contribution is 4.70. The van der Waals surface area contributed by atoms with E-state index in [4.69, 9.17) is 0 Å². The second-order valence-corrected chi connectivity index (χ2v) is 3.60. The SMILES string of the molecule is CCNCC(C)C(C)N(C)CC. The minimum atomic E-state index is 0.675. The van der Waals surface area contributed by atoms with Gasteiger partial charge in [0, 0.05) is 6.04 Å². The first-order valence-electron chi connectivity index (χ1n) is 5.04. The van der Waals surface area contributed by atoms with Crippen molar-refractivity contribution in [3.05, 3.63) is 0 Å². The lowest BCUT2D eigenvalue weighted by molar-refractivity contribution is 0.205. The normalized spacial score (nSPS) is 16.5. The molecule has 0 aliphatic rings. The van der Waals surface area contributed by atoms with Gasteiger partial charge in [0.05, 0.1) is 0 Å². The van der Waals surface area contributed by atoms with Gasteiger partial charge in [0.15, 0.2) is 0 Å². The summed E-state index contributed by atoms with van der Waals surface area (Å²) in [5.74, 6) is 0.731. The molecule has 74 valence electrons. The van der Waals surface area contributed by atoms with Crippen molar-refractivity contribution in [2.75, 3.05) is 26.7 Å². The molecule has 0 heterocycles. The number of rotatable bonds is 6. The second kappa shape index (κ2) is 6.44. The molecule has 0 amide bonds. The molecule has 2 atom stereocenters. The van der Waals surface area contributed by atoms with Crippen molar-refractivity contribution < 1.29 is 0 Å². The maximum absolute atomic E-state index is 3.38. The molecule has 2 nitrogen and oxygen atoms in total. The van der Waals surface area contributed by atoms with Gasteiger partial charge in [-0.1, -0.05) is 20.8 Å². The van der Waals surface area contributed by atoms with Crippen LogP contribution in [0.1, 0.15) is 27.7 Å². The molecule has 0 saturated carbocycles. The van der Waals surface area contributed by atoms with Crippen LogP contribution in [-0.2, 0) is 0 Å². The zero-order valence-corrected chi connectivity index (χ0v) is 9.22. The highest BCUT2D eigenvalue weighted by Gasteiger charge is 2.14. The average Bonchev–Trinajstić information content (AvgIpc) is 2.11. The van der Waals surface area contributed by atoms with Crippen LogP contribution in [0.25, 0.3) is 0 Å². The summed E-state index contributed by atoms with van der Waals surface area (Å²) in [5, 5.41) is 3.38. The van der Waals surface area contributed by atoms with Crippen molar-refractivity contribution in [3.8, 4) is 0 Å². The van der Waals surface area contributed by atoms with Gasteiger partial charge in [-0.3, -0.25) is 0 Å². The van der Waals surface area contributed by atoms with E-state index in [-0.39, 0.29) is 0 Å². The molecular formula is C10H24N2. The van der Waals surface area contributed by atoms with Crippen molar-refractivity contribution in [1.82, 2.24) is 10.2 Å². The van der Waals surface area contributed by atoms with E-state index >= 15 is 0 Å². The van der Waals surface area contributed by atoms with Gasteiger partial charge in [0.25, 0.3) is 0 Å². The van der Waals surface area contributed by atoms with E-state index in [0.29, 0.717) is 6.04 Å². The van der Waals surface area contributed by atoms with E-state index in [1.54, 1.807) is 0 Å². The van der Waals surface area contributed by atoms with Crippen LogP contribution >= 0.6 is 0 Å². The smallest absolute Gasteiger partial charge is 0.0101 e. The van der Waals surface area contributed by atoms with Gasteiger partial charge in [0.2, 0.25) is 0 Å². The van der Waals surface area contributed by atoms with Crippen LogP contribution in [0.3, 0.4) is 0 Å². The zero-order valence-electron chi connectivity index (χ0n) is 9.22. The third-order valence-electron chi connectivity index (χ3n) is 2.73. The van der Waals surface area contributed by atoms with E-state index in [9.17, 15) is 0 Å². The van der Waals surface area contributed by atoms with E-state index in [1.165, 1.54) is 0 Å². The first-order chi connectivity index (χ1) is 5.63. The topological polar surface area (TPSA) is 15.3 Å². The van der Waals surface area contributed by atoms with Crippen molar-refractivity contribution in [2.45, 2.75) is 33.7 Å². The van der Waals surface area contributed by atoms with Crippen LogP contribution in [0.4, 0.5) is 0 Å². The monoisotopic (exact) mass is 172 g/mol. The molecule has 0 bridgehead atoms. The van der Waals surface area contributed by atoms with Crippen LogP contribution < -0.4 is 5.32 Å². The minimum Gasteiger partial charge on any atom is -0.317 e. The molecule has 12 heavy (non-hydrogen) atoms. The molecule has 2 unspecified atom stereocenters. The summed E-state index contributed by atoms with van der Waals surface area (Å²) in [6, 6.07) is 0.675. The lowest BCUT2D eigenvalue weighted by Crippen LogP contribution is -2.38. The first kappa shape index (κ1) is 11.9. The van der Waals surface area contributed by atoms with Crippen LogP contribution in [0.2, 0.25) is 0 Å². The standard InChI is InChI=1S/C10H24N2/c1-6-11-8-9(3)10(4)12(5)7-2/h9-11H,6-8H2,1-5H3. The molecule has 0 aliphatic heterocycles. The Bertz CT molecular complexity index is 104. The summed E-state index contributed by atoms with van der Waals surface area (Å²) in [6.45, 7) is 12.3. The van der Waals surface area contributed by atoms with E-state index < -0.39 is 0 Å². The molecule has 0 aromatic heterocycles. The van der Waals surface area contributed by atoms with Gasteiger partial charge in [-0.25, -0.2) is 0 Å². The van der Waals surface area contributed by atoms with Crippen molar-refractivity contribution in [3.63, 3.8) is 0 Å². The summed E-state index contributed by atoms with van der Waals surface area (Å²) in [4.78, 5) is 2.39. The first-order valence-corrected chi connectivity index (χ1v) is 5.04. The summed E-state index contributed by atoms with van der Waals surface area (Å²) in [7, 11) is 2.19. The van der Waals surface area contributed by atoms with Crippen LogP contribution in [0.5, 0.6) is 0 Å². The van der Waals surface area contributed by atoms with Crippen LogP contribution in [0, 0.1) is 5.92 Å². The Hall–Kier alpha value is -0.0800. The Morgan fingerprint density at radius 1 is 1.25 bits per heavy atom. The molecule has 0 radical (unpaired) electrons. The van der Waals surface area contributed by atoms with E-state index in [0.717, 1.165) is 25.6 Å². The lowest BCUT2D eigenvalue weighted by atomic mass is 10.0. The third kappa shape index (κ3) is 4.07. The minimum absolute atomic E-state index is 0.675. The van der Waals surface area contributed by atoms with E-state index in [1.807, 2.05) is 0 Å². The molecule has 1 N–H and O–H groups in total. The quantitative estimate of drug-likeness (QED) is 0.654. The van der Waals surface area contributed by atoms with Crippen molar-refractivity contribution >= 4 is 0 Å². The summed E-state index contributed by atoms with van der Waals surface area (Å²) < 4.78 is 0. The van der Waals surface area contributed by atoms with Gasteiger partial charge in [-0.05, 0) is 39.5 Å². The summed E-state index contributed by atoms with van der Waals surface area (Å²) in [6.07, 6.45) is 0. The predicted molar refractivity (Wildman–Crippen MR) is 55.5 cm³/mol. The van der Waals surface area contributed by atoms with Crippen molar-refractivity contribution in [1.29, 1.82) is 0 Å². The lowest BCUT2D eigenvalue weighted by Gasteiger charge is -2.28. The summed E-state index contributed by atoms with van der Waals surface area (Å²) >= 11 is 0. The fourth-order valence-electron chi connectivity index (χ4n) is 1.26. The molecule has 0 fully saturated rings.